The number of nitrogens with one attached hydrogen (secondary N) is 3. The van der Waals surface area contributed by atoms with Crippen LogP contribution >= 0.6 is 27.5 Å². The summed E-state index contributed by atoms with van der Waals surface area (Å²) in [7, 11) is -3.73. The Kier molecular flexibility index (Phi) is 6.23. The molecule has 2 amide bonds. The molecule has 144 valence electrons. The van der Waals surface area contributed by atoms with Crippen LogP contribution in [0.5, 0.6) is 0 Å². The first-order chi connectivity index (χ1) is 13.3. The minimum Gasteiger partial charge on any atom is -0.308 e. The van der Waals surface area contributed by atoms with Crippen LogP contribution in [0.4, 0.5) is 21.9 Å². The molecular weight excluding hydrogens is 466 g/mol. The molecule has 3 N–H and O–H groups in total. The number of hydrogen-bond acceptors (Lipinski definition) is 3. The zero-order valence-electron chi connectivity index (χ0n) is 14.3. The average molecular weight is 481 g/mol. The van der Waals surface area contributed by atoms with E-state index in [0.717, 1.165) is 4.47 Å². The van der Waals surface area contributed by atoms with Gasteiger partial charge in [-0.05, 0) is 72.8 Å². The maximum Gasteiger partial charge on any atom is 0.323 e. The summed E-state index contributed by atoms with van der Waals surface area (Å²) in [6.07, 6.45) is 0. The second-order valence-corrected chi connectivity index (χ2v) is 8.76. The highest BCUT2D eigenvalue weighted by atomic mass is 79.9. The first-order valence-electron chi connectivity index (χ1n) is 8.04. The number of carbonyl (C=O) groups excluding carboxylic acids is 1. The van der Waals surface area contributed by atoms with Crippen molar-refractivity contribution in [3.63, 3.8) is 0 Å². The molecule has 0 fully saturated rings. The minimum atomic E-state index is -3.73. The minimum absolute atomic E-state index is 0.0825. The van der Waals surface area contributed by atoms with Crippen LogP contribution in [0.1, 0.15) is 0 Å². The van der Waals surface area contributed by atoms with Gasteiger partial charge in [0.15, 0.2) is 0 Å². The molecule has 0 spiro atoms. The van der Waals surface area contributed by atoms with Crippen LogP contribution in [0.2, 0.25) is 5.02 Å². The van der Waals surface area contributed by atoms with Gasteiger partial charge >= 0.3 is 6.03 Å². The molecule has 0 bridgehead atoms. The van der Waals surface area contributed by atoms with Crippen LogP contribution in [0, 0.1) is 0 Å². The van der Waals surface area contributed by atoms with Gasteiger partial charge in [-0.15, -0.1) is 0 Å². The first kappa shape index (κ1) is 20.2. The predicted molar refractivity (Wildman–Crippen MR) is 115 cm³/mol. The van der Waals surface area contributed by atoms with Crippen LogP contribution in [0.15, 0.2) is 82.2 Å². The number of amides is 2. The van der Waals surface area contributed by atoms with Crippen LogP contribution in [0.3, 0.4) is 0 Å². The number of sulfonamides is 1. The molecule has 0 aliphatic heterocycles. The van der Waals surface area contributed by atoms with Crippen molar-refractivity contribution in [3.8, 4) is 0 Å². The maximum atomic E-state index is 12.5. The summed E-state index contributed by atoms with van der Waals surface area (Å²) >= 11 is 9.10. The number of hydrogen-bond donors (Lipinski definition) is 3. The highest BCUT2D eigenvalue weighted by Crippen LogP contribution is 2.20. The van der Waals surface area contributed by atoms with E-state index >= 15 is 0 Å². The Morgan fingerprint density at radius 3 is 1.75 bits per heavy atom. The zero-order valence-corrected chi connectivity index (χ0v) is 17.5. The van der Waals surface area contributed by atoms with E-state index in [1.807, 2.05) is 0 Å². The van der Waals surface area contributed by atoms with E-state index in [1.165, 1.54) is 24.3 Å². The molecular formula is C19H15BrClN3O3S. The highest BCUT2D eigenvalue weighted by Gasteiger charge is 2.14. The van der Waals surface area contributed by atoms with E-state index in [0.29, 0.717) is 22.1 Å². The number of carbonyl (C=O) groups is 1. The number of anilines is 3. The number of halogens is 2. The Bertz CT molecular complexity index is 1070. The smallest absolute Gasteiger partial charge is 0.308 e. The lowest BCUT2D eigenvalue weighted by Gasteiger charge is -2.10. The summed E-state index contributed by atoms with van der Waals surface area (Å²) in [6.45, 7) is 0. The summed E-state index contributed by atoms with van der Waals surface area (Å²) in [5.74, 6) is 0. The van der Waals surface area contributed by atoms with Gasteiger partial charge in [0.25, 0.3) is 10.0 Å². The summed E-state index contributed by atoms with van der Waals surface area (Å²) < 4.78 is 28.3. The molecule has 0 aliphatic rings. The van der Waals surface area contributed by atoms with Gasteiger partial charge in [0.05, 0.1) is 4.90 Å². The Hall–Kier alpha value is -2.55. The van der Waals surface area contributed by atoms with Crippen molar-refractivity contribution in [2.45, 2.75) is 4.90 Å². The third kappa shape index (κ3) is 5.48. The molecule has 0 radical (unpaired) electrons. The van der Waals surface area contributed by atoms with Gasteiger partial charge in [0.1, 0.15) is 0 Å². The van der Waals surface area contributed by atoms with E-state index in [2.05, 4.69) is 31.3 Å². The molecule has 9 heteroatoms. The van der Waals surface area contributed by atoms with Gasteiger partial charge in [-0.25, -0.2) is 13.2 Å². The topological polar surface area (TPSA) is 87.3 Å². The van der Waals surface area contributed by atoms with Crippen LogP contribution in [-0.4, -0.2) is 14.4 Å². The number of rotatable bonds is 5. The van der Waals surface area contributed by atoms with Crippen LogP contribution < -0.4 is 15.4 Å². The largest absolute Gasteiger partial charge is 0.323 e. The molecule has 0 unspecified atom stereocenters. The SMILES string of the molecule is O=C(Nc1ccc(Cl)cc1)Nc1ccc(S(=O)(=O)Nc2ccc(Br)cc2)cc1. The summed E-state index contributed by atoms with van der Waals surface area (Å²) in [5.41, 5.74) is 1.49. The van der Waals surface area contributed by atoms with Crippen molar-refractivity contribution in [1.82, 2.24) is 0 Å². The third-order valence-electron chi connectivity index (χ3n) is 3.62. The molecule has 0 saturated carbocycles. The first-order valence-corrected chi connectivity index (χ1v) is 10.7. The Morgan fingerprint density at radius 2 is 1.21 bits per heavy atom. The van der Waals surface area contributed by atoms with Crippen molar-refractivity contribution in [2.24, 2.45) is 0 Å². The second-order valence-electron chi connectivity index (χ2n) is 5.72. The molecule has 0 saturated heterocycles. The van der Waals surface area contributed by atoms with Gasteiger partial charge in [-0.3, -0.25) is 4.72 Å². The highest BCUT2D eigenvalue weighted by molar-refractivity contribution is 9.10. The Labute approximate surface area is 176 Å². The fourth-order valence-electron chi connectivity index (χ4n) is 2.28. The normalized spacial score (nSPS) is 10.9. The number of benzene rings is 3. The van der Waals surface area contributed by atoms with E-state index in [9.17, 15) is 13.2 Å². The van der Waals surface area contributed by atoms with Crippen molar-refractivity contribution >= 4 is 60.6 Å². The van der Waals surface area contributed by atoms with Gasteiger partial charge < -0.3 is 10.6 Å². The number of urea groups is 1. The Morgan fingerprint density at radius 1 is 0.750 bits per heavy atom. The molecule has 0 aromatic heterocycles. The van der Waals surface area contributed by atoms with Gasteiger partial charge in [-0.2, -0.15) is 0 Å². The van der Waals surface area contributed by atoms with E-state index < -0.39 is 16.1 Å². The molecule has 0 heterocycles. The molecule has 0 atom stereocenters. The van der Waals surface area contributed by atoms with Crippen molar-refractivity contribution in [1.29, 1.82) is 0 Å². The van der Waals surface area contributed by atoms with Gasteiger partial charge in [0, 0.05) is 26.6 Å². The fourth-order valence-corrected chi connectivity index (χ4v) is 3.73. The maximum absolute atomic E-state index is 12.5. The van der Waals surface area contributed by atoms with Crippen molar-refractivity contribution < 1.29 is 13.2 Å². The molecule has 3 aromatic carbocycles. The van der Waals surface area contributed by atoms with Crippen molar-refractivity contribution in [2.75, 3.05) is 15.4 Å². The quantitative estimate of drug-likeness (QED) is 0.447. The lowest BCUT2D eigenvalue weighted by molar-refractivity contribution is 0.262. The van der Waals surface area contributed by atoms with E-state index in [4.69, 9.17) is 11.6 Å². The van der Waals surface area contributed by atoms with Crippen molar-refractivity contribution in [3.05, 3.63) is 82.3 Å². The molecule has 6 nitrogen and oxygen atoms in total. The third-order valence-corrected chi connectivity index (χ3v) is 5.80. The van der Waals surface area contributed by atoms with E-state index in [1.54, 1.807) is 48.5 Å². The summed E-state index contributed by atoms with van der Waals surface area (Å²) in [6, 6.07) is 18.9. The molecule has 3 aromatic rings. The van der Waals surface area contributed by atoms with Crippen LogP contribution in [-0.2, 0) is 10.0 Å². The van der Waals surface area contributed by atoms with E-state index in [-0.39, 0.29) is 4.90 Å². The molecule has 28 heavy (non-hydrogen) atoms. The van der Waals surface area contributed by atoms with Crippen LogP contribution in [0.25, 0.3) is 0 Å². The molecule has 3 rings (SSSR count). The van der Waals surface area contributed by atoms with Gasteiger partial charge in [0.2, 0.25) is 0 Å². The zero-order chi connectivity index (χ0) is 20.1. The fraction of sp³-hybridized carbons (Fsp3) is 0. The summed E-state index contributed by atoms with van der Waals surface area (Å²) in [4.78, 5) is 12.1. The average Bonchev–Trinajstić information content (AvgIpc) is 2.66. The molecule has 0 aliphatic carbocycles. The Balaban J connectivity index is 1.64. The lowest BCUT2D eigenvalue weighted by atomic mass is 10.3. The lowest BCUT2D eigenvalue weighted by Crippen LogP contribution is -2.19. The summed E-state index contributed by atoms with van der Waals surface area (Å²) in [5, 5.41) is 5.86. The predicted octanol–water partition coefficient (Wildman–Crippen LogP) is 5.55. The van der Waals surface area contributed by atoms with Gasteiger partial charge in [-0.1, -0.05) is 27.5 Å². The second kappa shape index (κ2) is 8.64. The standard InChI is InChI=1S/C19H15BrClN3O3S/c20-13-1-5-17(6-2-13)24-28(26,27)18-11-9-16(10-12-18)23-19(25)22-15-7-3-14(21)4-8-15/h1-12,24H,(H2,22,23,25). The monoisotopic (exact) mass is 479 g/mol.